The molecule has 0 amide bonds. The van der Waals surface area contributed by atoms with Crippen molar-refractivity contribution < 1.29 is 13.9 Å². The molecule has 0 heterocycles. The van der Waals surface area contributed by atoms with E-state index in [1.165, 1.54) is 6.07 Å². The van der Waals surface area contributed by atoms with Gasteiger partial charge in [0, 0.05) is 11.4 Å². The molecular formula is C15H13BrClFO2. The summed E-state index contributed by atoms with van der Waals surface area (Å²) in [7, 11) is 1.55. The van der Waals surface area contributed by atoms with Gasteiger partial charge in [0.25, 0.3) is 0 Å². The van der Waals surface area contributed by atoms with Gasteiger partial charge in [-0.3, -0.25) is 0 Å². The van der Waals surface area contributed by atoms with Crippen LogP contribution in [0.2, 0.25) is 0 Å². The molecule has 2 rings (SSSR count). The van der Waals surface area contributed by atoms with Crippen molar-refractivity contribution in [1.82, 2.24) is 0 Å². The summed E-state index contributed by atoms with van der Waals surface area (Å²) in [5.74, 6) is 1.18. The van der Waals surface area contributed by atoms with Crippen LogP contribution in [-0.4, -0.2) is 7.11 Å². The summed E-state index contributed by atoms with van der Waals surface area (Å²) in [6, 6.07) is 10.2. The van der Waals surface area contributed by atoms with Crippen molar-refractivity contribution >= 4 is 27.5 Å². The largest absolute Gasteiger partial charge is 0.493 e. The zero-order valence-corrected chi connectivity index (χ0v) is 13.2. The van der Waals surface area contributed by atoms with Crippen LogP contribution in [0, 0.1) is 5.82 Å². The van der Waals surface area contributed by atoms with Crippen LogP contribution in [0.25, 0.3) is 0 Å². The minimum atomic E-state index is -0.292. The van der Waals surface area contributed by atoms with Crippen LogP contribution in [0.15, 0.2) is 40.9 Å². The fourth-order valence-corrected chi connectivity index (χ4v) is 2.51. The lowest BCUT2D eigenvalue weighted by atomic mass is 10.2. The second kappa shape index (κ2) is 6.95. The molecule has 0 saturated heterocycles. The first-order valence-electron chi connectivity index (χ1n) is 5.94. The van der Waals surface area contributed by atoms with Crippen molar-refractivity contribution in [1.29, 1.82) is 0 Å². The summed E-state index contributed by atoms with van der Waals surface area (Å²) in [6.07, 6.45) is 0. The molecule has 0 saturated carbocycles. The van der Waals surface area contributed by atoms with Crippen molar-refractivity contribution in [3.63, 3.8) is 0 Å². The Hall–Kier alpha value is -1.26. The van der Waals surface area contributed by atoms with Crippen LogP contribution in [0.4, 0.5) is 4.39 Å². The normalized spacial score (nSPS) is 10.4. The molecule has 5 heteroatoms. The van der Waals surface area contributed by atoms with Crippen molar-refractivity contribution in [3.8, 4) is 11.5 Å². The van der Waals surface area contributed by atoms with Crippen molar-refractivity contribution in [2.24, 2.45) is 0 Å². The third-order valence-electron chi connectivity index (χ3n) is 2.77. The van der Waals surface area contributed by atoms with Gasteiger partial charge < -0.3 is 9.47 Å². The first kappa shape index (κ1) is 15.1. The van der Waals surface area contributed by atoms with E-state index in [4.69, 9.17) is 21.1 Å². The van der Waals surface area contributed by atoms with Crippen LogP contribution < -0.4 is 9.47 Å². The number of hydrogen-bond acceptors (Lipinski definition) is 2. The van der Waals surface area contributed by atoms with Gasteiger partial charge in [-0.1, -0.05) is 18.2 Å². The lowest BCUT2D eigenvalue weighted by Crippen LogP contribution is -2.01. The summed E-state index contributed by atoms with van der Waals surface area (Å²) >= 11 is 9.22. The maximum absolute atomic E-state index is 13.6. The Bertz CT molecular complexity index is 604. The molecule has 106 valence electrons. The van der Waals surface area contributed by atoms with Crippen LogP contribution in [-0.2, 0) is 12.5 Å². The van der Waals surface area contributed by atoms with Gasteiger partial charge in [0.2, 0.25) is 0 Å². The van der Waals surface area contributed by atoms with E-state index in [9.17, 15) is 4.39 Å². The highest BCUT2D eigenvalue weighted by atomic mass is 79.9. The van der Waals surface area contributed by atoms with Gasteiger partial charge in [0.05, 0.1) is 11.6 Å². The van der Waals surface area contributed by atoms with Gasteiger partial charge in [-0.15, -0.1) is 11.6 Å². The molecular weight excluding hydrogens is 347 g/mol. The first-order valence-corrected chi connectivity index (χ1v) is 7.27. The third kappa shape index (κ3) is 3.44. The predicted molar refractivity (Wildman–Crippen MR) is 81.0 cm³/mol. The summed E-state index contributed by atoms with van der Waals surface area (Å²) in [4.78, 5) is 0. The highest BCUT2D eigenvalue weighted by Crippen LogP contribution is 2.37. The first-order chi connectivity index (χ1) is 9.65. The average Bonchev–Trinajstić information content (AvgIpc) is 2.46. The molecule has 20 heavy (non-hydrogen) atoms. The zero-order chi connectivity index (χ0) is 14.5. The van der Waals surface area contributed by atoms with E-state index < -0.39 is 0 Å². The molecule has 0 aromatic heterocycles. The van der Waals surface area contributed by atoms with Crippen LogP contribution in [0.5, 0.6) is 11.5 Å². The Morgan fingerprint density at radius 3 is 2.65 bits per heavy atom. The monoisotopic (exact) mass is 358 g/mol. The molecule has 0 radical (unpaired) electrons. The number of ether oxygens (including phenoxy) is 2. The zero-order valence-electron chi connectivity index (χ0n) is 10.8. The average molecular weight is 360 g/mol. The Kier molecular flexibility index (Phi) is 5.26. The smallest absolute Gasteiger partial charge is 0.175 e. The molecule has 0 bridgehead atoms. The standard InChI is InChI=1S/C15H13BrClFO2/c1-19-14-7-10(8-17)6-12(16)15(14)20-9-11-4-2-3-5-13(11)18/h2-7H,8-9H2,1H3. The van der Waals surface area contributed by atoms with Crippen molar-refractivity contribution in [2.75, 3.05) is 7.11 Å². The predicted octanol–water partition coefficient (Wildman–Crippen LogP) is 4.91. The van der Waals surface area contributed by atoms with E-state index in [0.29, 0.717) is 22.9 Å². The van der Waals surface area contributed by atoms with E-state index in [-0.39, 0.29) is 12.4 Å². The molecule has 2 nitrogen and oxygen atoms in total. The van der Waals surface area contributed by atoms with Crippen LogP contribution in [0.1, 0.15) is 11.1 Å². The van der Waals surface area contributed by atoms with E-state index in [1.807, 2.05) is 6.07 Å². The minimum absolute atomic E-state index is 0.127. The number of rotatable bonds is 5. The number of alkyl halides is 1. The molecule has 0 spiro atoms. The summed E-state index contributed by atoms with van der Waals surface area (Å²) in [5.41, 5.74) is 1.40. The fraction of sp³-hybridized carbons (Fsp3) is 0.200. The fourth-order valence-electron chi connectivity index (χ4n) is 1.76. The number of halogens is 3. The van der Waals surface area contributed by atoms with E-state index in [0.717, 1.165) is 10.0 Å². The lowest BCUT2D eigenvalue weighted by molar-refractivity contribution is 0.277. The Morgan fingerprint density at radius 1 is 1.25 bits per heavy atom. The van der Waals surface area contributed by atoms with E-state index in [2.05, 4.69) is 15.9 Å². The van der Waals surface area contributed by atoms with Gasteiger partial charge in [-0.25, -0.2) is 4.39 Å². The Labute approximate surface area is 130 Å². The molecule has 2 aromatic rings. The Morgan fingerprint density at radius 2 is 2.00 bits per heavy atom. The SMILES string of the molecule is COc1cc(CCl)cc(Br)c1OCc1ccccc1F. The summed E-state index contributed by atoms with van der Waals surface area (Å²) in [6.45, 7) is 0.127. The third-order valence-corrected chi connectivity index (χ3v) is 3.67. The number of methoxy groups -OCH3 is 1. The van der Waals surface area contributed by atoms with Gasteiger partial charge in [0.1, 0.15) is 12.4 Å². The Balaban J connectivity index is 2.23. The summed E-state index contributed by atoms with van der Waals surface area (Å²) in [5, 5.41) is 0. The highest BCUT2D eigenvalue weighted by molar-refractivity contribution is 9.10. The maximum atomic E-state index is 13.6. The van der Waals surface area contributed by atoms with Crippen molar-refractivity contribution in [3.05, 3.63) is 57.8 Å². The van der Waals surface area contributed by atoms with Gasteiger partial charge in [-0.2, -0.15) is 0 Å². The van der Waals surface area contributed by atoms with Gasteiger partial charge in [0.15, 0.2) is 11.5 Å². The second-order valence-electron chi connectivity index (χ2n) is 4.12. The molecule has 2 aromatic carbocycles. The molecule has 0 aliphatic rings. The van der Waals surface area contributed by atoms with Crippen molar-refractivity contribution in [2.45, 2.75) is 12.5 Å². The van der Waals surface area contributed by atoms with Crippen LogP contribution in [0.3, 0.4) is 0 Å². The maximum Gasteiger partial charge on any atom is 0.175 e. The topological polar surface area (TPSA) is 18.5 Å². The van der Waals surface area contributed by atoms with E-state index >= 15 is 0 Å². The quantitative estimate of drug-likeness (QED) is 0.706. The van der Waals surface area contributed by atoms with Crippen LogP contribution >= 0.6 is 27.5 Å². The lowest BCUT2D eigenvalue weighted by Gasteiger charge is -2.14. The van der Waals surface area contributed by atoms with E-state index in [1.54, 1.807) is 31.4 Å². The second-order valence-corrected chi connectivity index (χ2v) is 5.24. The molecule has 0 atom stereocenters. The molecule has 0 unspecified atom stereocenters. The molecule has 0 N–H and O–H groups in total. The van der Waals surface area contributed by atoms with Gasteiger partial charge >= 0.3 is 0 Å². The van der Waals surface area contributed by atoms with Gasteiger partial charge in [-0.05, 0) is 39.7 Å². The molecule has 0 fully saturated rings. The molecule has 0 aliphatic heterocycles. The number of hydrogen-bond donors (Lipinski definition) is 0. The molecule has 0 aliphatic carbocycles. The minimum Gasteiger partial charge on any atom is -0.493 e. The number of benzene rings is 2. The summed E-state index contributed by atoms with van der Waals surface area (Å²) < 4.78 is 25.2. The highest BCUT2D eigenvalue weighted by Gasteiger charge is 2.12.